The number of benzene rings is 2. The van der Waals surface area contributed by atoms with Gasteiger partial charge in [0.25, 0.3) is 0 Å². The van der Waals surface area contributed by atoms with Gasteiger partial charge >= 0.3 is 0 Å². The first kappa shape index (κ1) is 17.1. The van der Waals surface area contributed by atoms with Gasteiger partial charge < -0.3 is 10.2 Å². The molecule has 5 heteroatoms. The van der Waals surface area contributed by atoms with E-state index in [2.05, 4.69) is 5.32 Å². The first-order chi connectivity index (χ1) is 12.0. The number of hydrogen-bond acceptors (Lipinski definition) is 2. The van der Waals surface area contributed by atoms with E-state index in [9.17, 15) is 14.0 Å². The van der Waals surface area contributed by atoms with Crippen molar-refractivity contribution in [3.05, 3.63) is 59.4 Å². The monoisotopic (exact) mass is 340 g/mol. The van der Waals surface area contributed by atoms with E-state index in [-0.39, 0.29) is 24.1 Å². The lowest BCUT2D eigenvalue weighted by Crippen LogP contribution is -2.28. The molecule has 1 atom stereocenters. The molecule has 1 aliphatic rings. The van der Waals surface area contributed by atoms with Gasteiger partial charge in [0.05, 0.1) is 5.92 Å². The van der Waals surface area contributed by atoms with Crippen LogP contribution in [0.3, 0.4) is 0 Å². The smallest absolute Gasteiger partial charge is 0.229 e. The Morgan fingerprint density at radius 3 is 2.64 bits per heavy atom. The predicted molar refractivity (Wildman–Crippen MR) is 96.0 cm³/mol. The van der Waals surface area contributed by atoms with Crippen molar-refractivity contribution in [1.29, 1.82) is 0 Å². The van der Waals surface area contributed by atoms with Gasteiger partial charge in [-0.05, 0) is 48.7 Å². The summed E-state index contributed by atoms with van der Waals surface area (Å²) < 4.78 is 13.1. The fraction of sp³-hybridized carbons (Fsp3) is 0.300. The molecule has 0 aromatic heterocycles. The number of anilines is 2. The van der Waals surface area contributed by atoms with E-state index in [0.717, 1.165) is 23.2 Å². The molecule has 1 aliphatic heterocycles. The number of amides is 2. The first-order valence-electron chi connectivity index (χ1n) is 8.45. The Kier molecular flexibility index (Phi) is 4.83. The minimum atomic E-state index is -0.415. The highest BCUT2D eigenvalue weighted by atomic mass is 19.1. The van der Waals surface area contributed by atoms with E-state index in [1.807, 2.05) is 32.0 Å². The molecule has 0 aliphatic carbocycles. The SMILES string of the molecule is CCc1cccc(C)c1NC(=O)[C@H]1CC(=O)N(c2ccc(F)cc2)C1. The maximum absolute atomic E-state index is 13.1. The molecule has 0 unspecified atom stereocenters. The fourth-order valence-corrected chi connectivity index (χ4v) is 3.18. The standard InChI is InChI=1S/C20H21FN2O2/c1-3-14-6-4-5-13(2)19(14)22-20(25)15-11-18(24)23(12-15)17-9-7-16(21)8-10-17/h4-10,15H,3,11-12H2,1-2H3,(H,22,25)/t15-/m0/s1. The third kappa shape index (κ3) is 3.55. The van der Waals surface area contributed by atoms with Crippen molar-refractivity contribution in [2.24, 2.45) is 5.92 Å². The largest absolute Gasteiger partial charge is 0.325 e. The van der Waals surface area contributed by atoms with Crippen LogP contribution >= 0.6 is 0 Å². The average molecular weight is 340 g/mol. The Morgan fingerprint density at radius 2 is 1.96 bits per heavy atom. The molecule has 0 bridgehead atoms. The second kappa shape index (κ2) is 7.05. The van der Waals surface area contributed by atoms with Gasteiger partial charge in [0.2, 0.25) is 11.8 Å². The van der Waals surface area contributed by atoms with E-state index in [1.54, 1.807) is 17.0 Å². The molecular formula is C20H21FN2O2. The van der Waals surface area contributed by atoms with Gasteiger partial charge in [-0.25, -0.2) is 4.39 Å². The Labute approximate surface area is 146 Å². The number of rotatable bonds is 4. The van der Waals surface area contributed by atoms with Gasteiger partial charge in [-0.3, -0.25) is 9.59 Å². The fourth-order valence-electron chi connectivity index (χ4n) is 3.18. The minimum absolute atomic E-state index is 0.118. The van der Waals surface area contributed by atoms with Crippen LogP contribution in [0.25, 0.3) is 0 Å². The molecule has 0 spiro atoms. The molecule has 1 heterocycles. The number of nitrogens with one attached hydrogen (secondary N) is 1. The molecule has 1 fully saturated rings. The van der Waals surface area contributed by atoms with E-state index >= 15 is 0 Å². The summed E-state index contributed by atoms with van der Waals surface area (Å²) in [5, 5.41) is 3.00. The quantitative estimate of drug-likeness (QED) is 0.923. The zero-order valence-corrected chi connectivity index (χ0v) is 14.4. The number of halogens is 1. The van der Waals surface area contributed by atoms with Crippen LogP contribution in [-0.2, 0) is 16.0 Å². The lowest BCUT2D eigenvalue weighted by atomic mass is 10.0. The molecule has 130 valence electrons. The van der Waals surface area contributed by atoms with Gasteiger partial charge in [0, 0.05) is 24.3 Å². The Bertz CT molecular complexity index is 802. The van der Waals surface area contributed by atoms with Crippen LogP contribution in [-0.4, -0.2) is 18.4 Å². The molecule has 2 aromatic carbocycles. The summed E-state index contributed by atoms with van der Waals surface area (Å²) in [6.07, 6.45) is 0.985. The summed E-state index contributed by atoms with van der Waals surface area (Å²) >= 11 is 0. The third-order valence-electron chi connectivity index (χ3n) is 4.62. The lowest BCUT2D eigenvalue weighted by Gasteiger charge is -2.18. The number of hydrogen-bond donors (Lipinski definition) is 1. The third-order valence-corrected chi connectivity index (χ3v) is 4.62. The molecular weight excluding hydrogens is 319 g/mol. The normalized spacial score (nSPS) is 17.0. The van der Waals surface area contributed by atoms with E-state index in [0.29, 0.717) is 12.2 Å². The topological polar surface area (TPSA) is 49.4 Å². The summed E-state index contributed by atoms with van der Waals surface area (Å²) in [7, 11) is 0. The Hall–Kier alpha value is -2.69. The maximum Gasteiger partial charge on any atom is 0.229 e. The van der Waals surface area contributed by atoms with E-state index in [1.165, 1.54) is 12.1 Å². The molecule has 2 aromatic rings. The van der Waals surface area contributed by atoms with Gasteiger partial charge in [-0.1, -0.05) is 25.1 Å². The predicted octanol–water partition coefficient (Wildman–Crippen LogP) is 3.69. The van der Waals surface area contributed by atoms with Crippen molar-refractivity contribution in [3.63, 3.8) is 0 Å². The summed E-state index contributed by atoms with van der Waals surface area (Å²) in [5.41, 5.74) is 3.54. The minimum Gasteiger partial charge on any atom is -0.325 e. The molecule has 0 radical (unpaired) electrons. The second-order valence-corrected chi connectivity index (χ2v) is 6.33. The number of carbonyl (C=O) groups is 2. The van der Waals surface area contributed by atoms with Gasteiger partial charge in [0.1, 0.15) is 5.82 Å². The van der Waals surface area contributed by atoms with Crippen molar-refractivity contribution in [3.8, 4) is 0 Å². The first-order valence-corrected chi connectivity index (χ1v) is 8.45. The lowest BCUT2D eigenvalue weighted by molar-refractivity contribution is -0.122. The highest BCUT2D eigenvalue weighted by Crippen LogP contribution is 2.28. The number of nitrogens with zero attached hydrogens (tertiary/aromatic N) is 1. The molecule has 4 nitrogen and oxygen atoms in total. The van der Waals surface area contributed by atoms with Crippen LogP contribution in [0, 0.1) is 18.7 Å². The van der Waals surface area contributed by atoms with Crippen LogP contribution < -0.4 is 10.2 Å². The maximum atomic E-state index is 13.1. The molecule has 25 heavy (non-hydrogen) atoms. The van der Waals surface area contributed by atoms with Crippen molar-refractivity contribution >= 4 is 23.2 Å². The Balaban J connectivity index is 1.74. The second-order valence-electron chi connectivity index (χ2n) is 6.33. The summed E-state index contributed by atoms with van der Waals surface area (Å²) in [4.78, 5) is 26.5. The van der Waals surface area contributed by atoms with Gasteiger partial charge in [-0.15, -0.1) is 0 Å². The van der Waals surface area contributed by atoms with Crippen molar-refractivity contribution in [1.82, 2.24) is 0 Å². The molecule has 3 rings (SSSR count). The number of para-hydroxylation sites is 1. The zero-order chi connectivity index (χ0) is 18.0. The zero-order valence-electron chi connectivity index (χ0n) is 14.4. The summed E-state index contributed by atoms with van der Waals surface area (Å²) in [6.45, 7) is 4.31. The molecule has 0 saturated carbocycles. The van der Waals surface area contributed by atoms with Crippen LogP contribution in [0.15, 0.2) is 42.5 Å². The van der Waals surface area contributed by atoms with Crippen LogP contribution in [0.4, 0.5) is 15.8 Å². The summed E-state index contributed by atoms with van der Waals surface area (Å²) in [6, 6.07) is 11.7. The van der Waals surface area contributed by atoms with E-state index < -0.39 is 5.92 Å². The van der Waals surface area contributed by atoms with Crippen LogP contribution in [0.5, 0.6) is 0 Å². The van der Waals surface area contributed by atoms with Crippen molar-refractivity contribution in [2.75, 3.05) is 16.8 Å². The van der Waals surface area contributed by atoms with Gasteiger partial charge in [0.15, 0.2) is 0 Å². The molecule has 2 amide bonds. The van der Waals surface area contributed by atoms with Crippen LogP contribution in [0.1, 0.15) is 24.5 Å². The number of carbonyl (C=O) groups excluding carboxylic acids is 2. The van der Waals surface area contributed by atoms with Crippen LogP contribution in [0.2, 0.25) is 0 Å². The Morgan fingerprint density at radius 1 is 1.24 bits per heavy atom. The average Bonchev–Trinajstić information content (AvgIpc) is 2.99. The van der Waals surface area contributed by atoms with Crippen molar-refractivity contribution in [2.45, 2.75) is 26.7 Å². The number of aryl methyl sites for hydroxylation is 2. The van der Waals surface area contributed by atoms with Crippen molar-refractivity contribution < 1.29 is 14.0 Å². The van der Waals surface area contributed by atoms with Gasteiger partial charge in [-0.2, -0.15) is 0 Å². The molecule has 1 saturated heterocycles. The summed E-state index contributed by atoms with van der Waals surface area (Å²) in [5.74, 6) is -1.03. The highest BCUT2D eigenvalue weighted by molar-refractivity contribution is 6.03. The van der Waals surface area contributed by atoms with E-state index in [4.69, 9.17) is 0 Å². The highest BCUT2D eigenvalue weighted by Gasteiger charge is 2.35. The molecule has 1 N–H and O–H groups in total.